The molecule has 0 saturated carbocycles. The van der Waals surface area contributed by atoms with Crippen LogP contribution in [0.2, 0.25) is 0 Å². The van der Waals surface area contributed by atoms with Crippen molar-refractivity contribution in [3.63, 3.8) is 0 Å². The molecule has 0 aliphatic rings. The zero-order chi connectivity index (χ0) is 16.0. The van der Waals surface area contributed by atoms with Crippen LogP contribution < -0.4 is 22.1 Å². The normalized spacial score (nSPS) is 13.0. The Morgan fingerprint density at radius 3 is 2.18 bits per heavy atom. The van der Waals surface area contributed by atoms with Gasteiger partial charge in [0.2, 0.25) is 0 Å². The predicted octanol–water partition coefficient (Wildman–Crippen LogP) is 1.38. The first-order valence-corrected chi connectivity index (χ1v) is 6.93. The van der Waals surface area contributed by atoms with E-state index in [-0.39, 0.29) is 24.2 Å². The summed E-state index contributed by atoms with van der Waals surface area (Å²) in [6.45, 7) is 6.68. The summed E-state index contributed by atoms with van der Waals surface area (Å²) in [5.41, 5.74) is 11.7. The van der Waals surface area contributed by atoms with E-state index in [0.717, 1.165) is 5.56 Å². The van der Waals surface area contributed by atoms with E-state index in [0.29, 0.717) is 18.7 Å². The molecule has 0 bridgehead atoms. The van der Waals surface area contributed by atoms with E-state index in [1.165, 1.54) is 0 Å². The lowest BCUT2D eigenvalue weighted by molar-refractivity contribution is 0.0883. The van der Waals surface area contributed by atoms with Gasteiger partial charge in [-0.25, -0.2) is 4.79 Å². The lowest BCUT2D eigenvalue weighted by atomic mass is 9.88. The van der Waals surface area contributed by atoms with E-state index >= 15 is 0 Å². The topological polar surface area (TPSA) is 110 Å². The van der Waals surface area contributed by atoms with Gasteiger partial charge in [0.15, 0.2) is 0 Å². The third kappa shape index (κ3) is 5.54. The smallest absolute Gasteiger partial charge is 0.312 e. The first-order valence-electron chi connectivity index (χ1n) is 6.93. The molecule has 0 aliphatic carbocycles. The molecule has 1 aromatic rings. The fourth-order valence-electron chi connectivity index (χ4n) is 1.73. The van der Waals surface area contributed by atoms with E-state index in [4.69, 9.17) is 11.5 Å². The van der Waals surface area contributed by atoms with Crippen molar-refractivity contribution in [2.45, 2.75) is 32.9 Å². The summed E-state index contributed by atoms with van der Waals surface area (Å²) in [4.78, 5) is 22.9. The van der Waals surface area contributed by atoms with Crippen LogP contribution in [0.25, 0.3) is 0 Å². The zero-order valence-electron chi connectivity index (χ0n) is 13.2. The Balaban J connectivity index is 0.00000441. The van der Waals surface area contributed by atoms with Gasteiger partial charge in [0.25, 0.3) is 5.91 Å². The van der Waals surface area contributed by atoms with Gasteiger partial charge in [-0.2, -0.15) is 0 Å². The lowest BCUT2D eigenvalue weighted by Crippen LogP contribution is -2.55. The van der Waals surface area contributed by atoms with Crippen LogP contribution in [-0.4, -0.2) is 24.0 Å². The first-order chi connectivity index (χ1) is 9.78. The summed E-state index contributed by atoms with van der Waals surface area (Å²) < 4.78 is 0. The van der Waals surface area contributed by atoms with Crippen LogP contribution in [0.1, 0.15) is 36.7 Å². The molecule has 1 rings (SSSR count). The molecule has 124 valence electrons. The molecule has 6 N–H and O–H groups in total. The minimum Gasteiger partial charge on any atom is -0.352 e. The maximum atomic E-state index is 12.2. The third-order valence-corrected chi connectivity index (χ3v) is 3.78. The van der Waals surface area contributed by atoms with Crippen molar-refractivity contribution >= 4 is 24.3 Å². The molecule has 0 heterocycles. The van der Waals surface area contributed by atoms with Gasteiger partial charge in [0.05, 0.1) is 5.54 Å². The Kier molecular flexibility index (Phi) is 7.90. The summed E-state index contributed by atoms with van der Waals surface area (Å²) in [6, 6.07) is 6.40. The number of hydrogen-bond acceptors (Lipinski definition) is 3. The number of rotatable bonds is 6. The number of nitrogens with one attached hydrogen (secondary N) is 2. The van der Waals surface area contributed by atoms with Gasteiger partial charge in [0, 0.05) is 18.7 Å². The summed E-state index contributed by atoms with van der Waals surface area (Å²) in [7, 11) is 0. The number of primary amides is 1. The van der Waals surface area contributed by atoms with Crippen molar-refractivity contribution in [2.24, 2.45) is 17.4 Å². The Morgan fingerprint density at radius 2 is 1.77 bits per heavy atom. The van der Waals surface area contributed by atoms with Gasteiger partial charge in [0.1, 0.15) is 0 Å². The van der Waals surface area contributed by atoms with Crippen LogP contribution in [0, 0.1) is 5.92 Å². The molecule has 0 saturated heterocycles. The van der Waals surface area contributed by atoms with Crippen molar-refractivity contribution in [3.05, 3.63) is 35.4 Å². The molecule has 0 fully saturated rings. The molecule has 0 aliphatic heterocycles. The van der Waals surface area contributed by atoms with Crippen LogP contribution in [0.5, 0.6) is 0 Å². The molecule has 1 aromatic carbocycles. The van der Waals surface area contributed by atoms with Gasteiger partial charge in [-0.15, -0.1) is 12.4 Å². The van der Waals surface area contributed by atoms with Gasteiger partial charge < -0.3 is 22.1 Å². The second kappa shape index (κ2) is 8.60. The molecule has 6 nitrogen and oxygen atoms in total. The third-order valence-electron chi connectivity index (χ3n) is 3.78. The molecule has 7 heteroatoms. The second-order valence-corrected chi connectivity index (χ2v) is 5.65. The highest BCUT2D eigenvalue weighted by Gasteiger charge is 2.28. The molecule has 0 aromatic heterocycles. The minimum absolute atomic E-state index is 0. The van der Waals surface area contributed by atoms with E-state index < -0.39 is 11.6 Å². The van der Waals surface area contributed by atoms with Gasteiger partial charge in [-0.05, 0) is 30.5 Å². The zero-order valence-corrected chi connectivity index (χ0v) is 14.0. The number of hydrogen-bond donors (Lipinski definition) is 4. The first kappa shape index (κ1) is 20.2. The number of carbonyl (C=O) groups excluding carboxylic acids is 2. The van der Waals surface area contributed by atoms with E-state index in [1.807, 2.05) is 20.8 Å². The van der Waals surface area contributed by atoms with Crippen LogP contribution in [0.4, 0.5) is 4.79 Å². The van der Waals surface area contributed by atoms with Crippen LogP contribution in [0.15, 0.2) is 24.3 Å². The molecule has 0 radical (unpaired) electrons. The predicted molar refractivity (Wildman–Crippen MR) is 89.9 cm³/mol. The average Bonchev–Trinajstić information content (AvgIpc) is 2.45. The summed E-state index contributed by atoms with van der Waals surface area (Å²) >= 11 is 0. The van der Waals surface area contributed by atoms with Crippen molar-refractivity contribution in [1.29, 1.82) is 0 Å². The highest BCUT2D eigenvalue weighted by atomic mass is 35.5. The Labute approximate surface area is 137 Å². The van der Waals surface area contributed by atoms with E-state index in [1.54, 1.807) is 24.3 Å². The highest BCUT2D eigenvalue weighted by Crippen LogP contribution is 2.16. The van der Waals surface area contributed by atoms with Gasteiger partial charge in [-0.3, -0.25) is 4.79 Å². The van der Waals surface area contributed by atoms with Crippen LogP contribution in [0.3, 0.4) is 0 Å². The Bertz CT molecular complexity index is 505. The second-order valence-electron chi connectivity index (χ2n) is 5.65. The van der Waals surface area contributed by atoms with Crippen LogP contribution >= 0.6 is 12.4 Å². The molecule has 1 unspecified atom stereocenters. The van der Waals surface area contributed by atoms with Gasteiger partial charge in [-0.1, -0.05) is 26.0 Å². The summed E-state index contributed by atoms with van der Waals surface area (Å²) in [5, 5.41) is 5.47. The van der Waals surface area contributed by atoms with Crippen LogP contribution in [-0.2, 0) is 6.54 Å². The maximum Gasteiger partial charge on any atom is 0.312 e. The average molecular weight is 329 g/mol. The lowest BCUT2D eigenvalue weighted by Gasteiger charge is -2.33. The molecule has 3 amide bonds. The standard InChI is InChI=1S/C15H24N4O2.ClH/c1-10(2)15(3,9-16)19-13(20)12-6-4-11(5-7-12)8-18-14(17)21;/h4-7,10H,8-9,16H2,1-3H3,(H,19,20)(H3,17,18,21);1H. The molecule has 22 heavy (non-hydrogen) atoms. The van der Waals surface area contributed by atoms with E-state index in [9.17, 15) is 9.59 Å². The quantitative estimate of drug-likeness (QED) is 0.633. The monoisotopic (exact) mass is 328 g/mol. The fourth-order valence-corrected chi connectivity index (χ4v) is 1.73. The molecular weight excluding hydrogens is 304 g/mol. The van der Waals surface area contributed by atoms with Crippen molar-refractivity contribution in [3.8, 4) is 0 Å². The van der Waals surface area contributed by atoms with Gasteiger partial charge >= 0.3 is 6.03 Å². The van der Waals surface area contributed by atoms with Crippen molar-refractivity contribution < 1.29 is 9.59 Å². The Morgan fingerprint density at radius 1 is 1.23 bits per heavy atom. The molecular formula is C15H25ClN4O2. The van der Waals surface area contributed by atoms with Crippen molar-refractivity contribution in [2.75, 3.05) is 6.54 Å². The molecule has 0 spiro atoms. The number of urea groups is 1. The highest BCUT2D eigenvalue weighted by molar-refractivity contribution is 5.94. The number of halogens is 1. The number of carbonyl (C=O) groups is 2. The fraction of sp³-hybridized carbons (Fsp3) is 0.467. The number of benzene rings is 1. The van der Waals surface area contributed by atoms with E-state index in [2.05, 4.69) is 10.6 Å². The largest absolute Gasteiger partial charge is 0.352 e. The summed E-state index contributed by atoms with van der Waals surface area (Å²) in [5.74, 6) is 0.0663. The molecule has 1 atom stereocenters. The summed E-state index contributed by atoms with van der Waals surface area (Å²) in [6.07, 6.45) is 0. The number of nitrogens with two attached hydrogens (primary N) is 2. The number of amides is 3. The SMILES string of the molecule is CC(C)C(C)(CN)NC(=O)c1ccc(CNC(N)=O)cc1.Cl. The minimum atomic E-state index is -0.576. The van der Waals surface area contributed by atoms with Crippen molar-refractivity contribution in [1.82, 2.24) is 10.6 Å². The Hall–Kier alpha value is -1.79. The maximum absolute atomic E-state index is 12.2.